The van der Waals surface area contributed by atoms with E-state index in [0.29, 0.717) is 83.2 Å². The average molecular weight is 1310 g/mol. The molecular formula is C60H72Cl2N8O17S2. The van der Waals surface area contributed by atoms with Crippen LogP contribution in [0, 0.1) is 20.2 Å². The summed E-state index contributed by atoms with van der Waals surface area (Å²) in [5.74, 6) is -4.56. The van der Waals surface area contributed by atoms with Crippen molar-refractivity contribution in [3.8, 4) is 0 Å². The number of nitro groups is 2. The predicted octanol–water partition coefficient (Wildman–Crippen LogP) is 7.19. The monoisotopic (exact) mass is 1310 g/mol. The number of dihydropyridines is 2. The zero-order valence-corrected chi connectivity index (χ0v) is 53.4. The van der Waals surface area contributed by atoms with E-state index in [0.717, 1.165) is 0 Å². The lowest BCUT2D eigenvalue weighted by molar-refractivity contribution is -0.385. The number of allylic oxidation sites excluding steroid dienone is 4. The maximum absolute atomic E-state index is 13.5. The summed E-state index contributed by atoms with van der Waals surface area (Å²) in [4.78, 5) is 79.2. The molecule has 2 atom stereocenters. The molecule has 0 amide bonds. The number of esters is 4. The quantitative estimate of drug-likeness (QED) is 0.0341. The van der Waals surface area contributed by atoms with Gasteiger partial charge in [-0.05, 0) is 96.0 Å². The number of aliphatic hydroxyl groups is 1. The van der Waals surface area contributed by atoms with E-state index < -0.39 is 65.6 Å². The fraction of sp³-hybridized carbons (Fsp3) is 0.400. The molecule has 4 aliphatic heterocycles. The molecule has 0 aromatic heterocycles. The number of hydrogen-bond acceptors (Lipinski definition) is 21. The number of nitrogens with zero attached hydrogens (tertiary/aromatic N) is 6. The van der Waals surface area contributed by atoms with E-state index >= 15 is 0 Å². The molecule has 0 radical (unpaired) electrons. The van der Waals surface area contributed by atoms with Crippen molar-refractivity contribution in [3.05, 3.63) is 184 Å². The Morgan fingerprint density at radius 3 is 1.11 bits per heavy atom. The van der Waals surface area contributed by atoms with Gasteiger partial charge in [0.25, 0.3) is 11.4 Å². The number of nitro benzene ring substituents is 2. The van der Waals surface area contributed by atoms with E-state index in [1.807, 2.05) is 9.80 Å². The topological polar surface area (TPSA) is 317 Å². The number of ether oxygens (including phenoxy) is 4. The van der Waals surface area contributed by atoms with Crippen molar-refractivity contribution in [2.75, 3.05) is 98.5 Å². The molecule has 3 N–H and O–H groups in total. The second-order valence-electron chi connectivity index (χ2n) is 20.4. The number of sulfonamides is 2. The molecule has 4 aromatic carbocycles. The van der Waals surface area contributed by atoms with Crippen LogP contribution in [-0.4, -0.2) is 173 Å². The van der Waals surface area contributed by atoms with Crippen LogP contribution in [0.3, 0.4) is 0 Å². The van der Waals surface area contributed by atoms with Crippen LogP contribution in [0.1, 0.15) is 71.4 Å². The van der Waals surface area contributed by atoms with Crippen LogP contribution in [-0.2, 0) is 58.2 Å². The zero-order valence-electron chi connectivity index (χ0n) is 50.2. The lowest BCUT2D eigenvalue weighted by atomic mass is 9.80. The highest BCUT2D eigenvalue weighted by atomic mass is 35.5. The highest BCUT2D eigenvalue weighted by molar-refractivity contribution is 7.89. The lowest BCUT2D eigenvalue weighted by Crippen LogP contribution is -2.49. The molecule has 25 nitrogen and oxygen atoms in total. The van der Waals surface area contributed by atoms with Gasteiger partial charge in [0.05, 0.1) is 67.0 Å². The molecule has 2 fully saturated rings. The Kier molecular flexibility index (Phi) is 25.5. The molecule has 2 unspecified atom stereocenters. The first-order valence-corrected chi connectivity index (χ1v) is 32.0. The van der Waals surface area contributed by atoms with Crippen molar-refractivity contribution in [3.63, 3.8) is 0 Å². The maximum Gasteiger partial charge on any atom is 0.336 e. The smallest absolute Gasteiger partial charge is 0.336 e. The first-order chi connectivity index (χ1) is 42.3. The van der Waals surface area contributed by atoms with Gasteiger partial charge < -0.3 is 34.7 Å². The van der Waals surface area contributed by atoms with Crippen LogP contribution >= 0.6 is 23.2 Å². The molecular weight excluding hydrogens is 1240 g/mol. The highest BCUT2D eigenvalue weighted by Gasteiger charge is 2.41. The zero-order chi connectivity index (χ0) is 65.3. The summed E-state index contributed by atoms with van der Waals surface area (Å²) in [5.41, 5.74) is 2.84. The molecule has 4 aromatic rings. The summed E-state index contributed by atoms with van der Waals surface area (Å²) in [5, 5.41) is 37.3. The van der Waals surface area contributed by atoms with Gasteiger partial charge in [0.15, 0.2) is 0 Å². The largest absolute Gasteiger partial charge is 0.463 e. The number of piperazine rings is 2. The Morgan fingerprint density at radius 2 is 0.820 bits per heavy atom. The van der Waals surface area contributed by atoms with Crippen LogP contribution in [0.4, 0.5) is 11.4 Å². The number of halogens is 2. The first-order valence-electron chi connectivity index (χ1n) is 28.4. The van der Waals surface area contributed by atoms with Crippen LogP contribution in [0.5, 0.6) is 0 Å². The minimum atomic E-state index is -3.69. The molecule has 29 heteroatoms. The van der Waals surface area contributed by atoms with Crippen molar-refractivity contribution >= 4 is 78.5 Å². The van der Waals surface area contributed by atoms with Crippen molar-refractivity contribution in [2.24, 2.45) is 0 Å². The molecule has 0 aliphatic carbocycles. The molecule has 0 saturated carbocycles. The number of non-ortho nitro benzene ring substituents is 2. The number of hydrogen-bond donors (Lipinski definition) is 3. The van der Waals surface area contributed by atoms with E-state index in [-0.39, 0.29) is 103 Å². The molecule has 0 bridgehead atoms. The van der Waals surface area contributed by atoms with Crippen LogP contribution in [0.2, 0.25) is 10.0 Å². The van der Waals surface area contributed by atoms with Gasteiger partial charge in [-0.2, -0.15) is 8.61 Å². The SMILES string of the molecule is CCO.CCOC(=O)C1=C(C)NC(C)=C(C(=O)OCCN2CCN(S(=O)(=O)c3cccc(Cl)c3)CC2)C1c1cccc([N+](=O)[O-])c1.CCOC(=O)C1=C(C)NC(C)=C(C(=O)OCCN2CCN(S(=O)(=O)c3cccc(Cl)c3)CC2)C1c1cccc([N+](=O)[O-])c1. The van der Waals surface area contributed by atoms with Gasteiger partial charge in [0, 0.05) is 129 Å². The predicted molar refractivity (Wildman–Crippen MR) is 330 cm³/mol. The number of rotatable bonds is 20. The average Bonchev–Trinajstić information content (AvgIpc) is 1.15. The summed E-state index contributed by atoms with van der Waals surface area (Å²) in [6, 6.07) is 23.8. The number of benzene rings is 4. The second-order valence-corrected chi connectivity index (χ2v) is 25.2. The molecule has 89 heavy (non-hydrogen) atoms. The summed E-state index contributed by atoms with van der Waals surface area (Å²) >= 11 is 12.0. The minimum Gasteiger partial charge on any atom is -0.463 e. The van der Waals surface area contributed by atoms with E-state index in [1.165, 1.54) is 69.3 Å². The number of aliphatic hydroxyl groups excluding tert-OH is 1. The first kappa shape index (κ1) is 70.5. The van der Waals surface area contributed by atoms with E-state index in [1.54, 1.807) is 84.9 Å². The fourth-order valence-electron chi connectivity index (χ4n) is 10.4. The highest BCUT2D eigenvalue weighted by Crippen LogP contribution is 2.42. The minimum absolute atomic E-state index is 0.00967. The van der Waals surface area contributed by atoms with Crippen LogP contribution in [0.25, 0.3) is 0 Å². The molecule has 2 saturated heterocycles. The van der Waals surface area contributed by atoms with Crippen LogP contribution in [0.15, 0.2) is 152 Å². The third-order valence-electron chi connectivity index (χ3n) is 14.6. The number of nitrogens with one attached hydrogen (secondary N) is 2. The van der Waals surface area contributed by atoms with Crippen molar-refractivity contribution < 1.29 is 69.9 Å². The fourth-order valence-corrected chi connectivity index (χ4v) is 13.9. The van der Waals surface area contributed by atoms with E-state index in [9.17, 15) is 56.2 Å². The molecule has 8 rings (SSSR count). The van der Waals surface area contributed by atoms with Crippen molar-refractivity contribution in [1.82, 2.24) is 29.0 Å². The summed E-state index contributed by atoms with van der Waals surface area (Å²) < 4.78 is 76.6. The van der Waals surface area contributed by atoms with Crippen LogP contribution < -0.4 is 10.6 Å². The number of carbonyl (C=O) groups is 4. The lowest BCUT2D eigenvalue weighted by Gasteiger charge is -2.34. The van der Waals surface area contributed by atoms with Gasteiger partial charge >= 0.3 is 23.9 Å². The Balaban J connectivity index is 0.000000272. The van der Waals surface area contributed by atoms with Gasteiger partial charge in [0.2, 0.25) is 20.0 Å². The molecule has 0 spiro atoms. The van der Waals surface area contributed by atoms with Gasteiger partial charge in [-0.1, -0.05) is 59.6 Å². The third kappa shape index (κ3) is 17.8. The molecule has 480 valence electrons. The molecule has 4 heterocycles. The Bertz CT molecular complexity index is 3420. The van der Waals surface area contributed by atoms with Crippen molar-refractivity contribution in [2.45, 2.75) is 70.1 Å². The summed E-state index contributed by atoms with van der Waals surface area (Å²) in [6.07, 6.45) is 0. The van der Waals surface area contributed by atoms with E-state index in [4.69, 9.17) is 47.3 Å². The Labute approximate surface area is 526 Å². The maximum atomic E-state index is 13.5. The van der Waals surface area contributed by atoms with Crippen molar-refractivity contribution in [1.29, 1.82) is 0 Å². The summed E-state index contributed by atoms with van der Waals surface area (Å²) in [7, 11) is -7.37. The number of carbonyl (C=O) groups excluding carboxylic acids is 4. The Hall–Kier alpha value is -7.60. The standard InChI is InChI=1S/2C29H33ClN4O8S.C2H6O/c2*1-4-41-28(35)25-19(2)31-20(3)26(27(25)21-7-5-9-23(17-21)34(37)38)29(36)42-16-15-32-11-13-33(14-12-32)43(39,40)24-10-6-8-22(30)18-24;1-2-3/h2*5-10,17-18,27,31H,4,11-16H2,1-3H3;3H,2H2,1H3. The van der Waals surface area contributed by atoms with Gasteiger partial charge in [-0.3, -0.25) is 30.0 Å². The third-order valence-corrected chi connectivity index (χ3v) is 18.9. The van der Waals surface area contributed by atoms with E-state index in [2.05, 4.69) is 10.6 Å². The van der Waals surface area contributed by atoms with Gasteiger partial charge in [0.1, 0.15) is 13.2 Å². The summed E-state index contributed by atoms with van der Waals surface area (Å²) in [6.45, 7) is 15.7. The molecule has 4 aliphatic rings. The second kappa shape index (κ2) is 32.2. The Morgan fingerprint density at radius 1 is 0.517 bits per heavy atom. The normalized spacial score (nSPS) is 17.9. The van der Waals surface area contributed by atoms with Gasteiger partial charge in [-0.25, -0.2) is 36.0 Å². The van der Waals surface area contributed by atoms with Gasteiger partial charge in [-0.15, -0.1) is 0 Å².